The van der Waals surface area contributed by atoms with Gasteiger partial charge in [-0.2, -0.15) is 0 Å². The molecule has 1 aliphatic rings. The van der Waals surface area contributed by atoms with Gasteiger partial charge in [-0.25, -0.2) is 0 Å². The first-order valence-electron chi connectivity index (χ1n) is 6.94. The number of phenolic OH excluding ortho intramolecular Hbond substituents is 1. The van der Waals surface area contributed by atoms with E-state index in [1.165, 1.54) is 12.1 Å². The van der Waals surface area contributed by atoms with Gasteiger partial charge in [-0.1, -0.05) is 6.92 Å². The van der Waals surface area contributed by atoms with E-state index in [2.05, 4.69) is 15.0 Å². The summed E-state index contributed by atoms with van der Waals surface area (Å²) >= 11 is 0. The summed E-state index contributed by atoms with van der Waals surface area (Å²) in [6.45, 7) is 5.19. The van der Waals surface area contributed by atoms with Crippen LogP contribution in [0.4, 0.5) is 13.2 Å². The molecule has 1 aromatic carbocycles. The third-order valence-corrected chi connectivity index (χ3v) is 3.57. The molecule has 4 nitrogen and oxygen atoms in total. The molecule has 0 aromatic heterocycles. The topological polar surface area (TPSA) is 44.7 Å². The zero-order chi connectivity index (χ0) is 15.5. The van der Waals surface area contributed by atoms with Crippen molar-refractivity contribution in [1.29, 1.82) is 0 Å². The number of aromatic hydroxyl groups is 1. The second-order valence-corrected chi connectivity index (χ2v) is 4.98. The molecule has 0 unspecified atom stereocenters. The standard InChI is InChI=1S/C14H19F3N2O2.2ClH/c1-2-12(19-7-5-18-6-8-19)11-9-10(3-4-13(11)20)21-14(15,16)17;;/h3-4,9,12,18,20H,2,5-8H2,1H3;2*1H/t12-;;/m0../s1. The molecule has 0 radical (unpaired) electrons. The second kappa shape index (κ2) is 9.42. The Kier molecular flexibility index (Phi) is 9.05. The predicted octanol–water partition coefficient (Wildman–Crippen LogP) is 3.49. The van der Waals surface area contributed by atoms with E-state index in [-0.39, 0.29) is 42.4 Å². The van der Waals surface area contributed by atoms with E-state index in [0.717, 1.165) is 32.2 Å². The Morgan fingerprint density at radius 1 is 1.26 bits per heavy atom. The van der Waals surface area contributed by atoms with Gasteiger partial charge >= 0.3 is 6.36 Å². The SMILES string of the molecule is CC[C@@H](c1cc(OC(F)(F)F)ccc1O)N1CCNCC1.Cl.Cl. The second-order valence-electron chi connectivity index (χ2n) is 4.98. The van der Waals surface area contributed by atoms with Crippen molar-refractivity contribution >= 4 is 24.8 Å². The fourth-order valence-electron chi connectivity index (χ4n) is 2.67. The van der Waals surface area contributed by atoms with Gasteiger partial charge in [0.2, 0.25) is 0 Å². The average Bonchev–Trinajstić information content (AvgIpc) is 2.43. The highest BCUT2D eigenvalue weighted by molar-refractivity contribution is 5.85. The van der Waals surface area contributed by atoms with Crippen LogP contribution < -0.4 is 10.1 Å². The molecule has 23 heavy (non-hydrogen) atoms. The Bertz CT molecular complexity index is 484. The first-order valence-corrected chi connectivity index (χ1v) is 6.94. The summed E-state index contributed by atoms with van der Waals surface area (Å²) in [4.78, 5) is 2.16. The number of benzene rings is 1. The first-order chi connectivity index (χ1) is 9.90. The minimum Gasteiger partial charge on any atom is -0.508 e. The molecular weight excluding hydrogens is 356 g/mol. The molecule has 1 fully saturated rings. The van der Waals surface area contributed by atoms with Crippen LogP contribution in [0.3, 0.4) is 0 Å². The van der Waals surface area contributed by atoms with Gasteiger partial charge in [0.25, 0.3) is 0 Å². The van der Waals surface area contributed by atoms with Crippen molar-refractivity contribution in [2.45, 2.75) is 25.7 Å². The number of hydrogen-bond donors (Lipinski definition) is 2. The van der Waals surface area contributed by atoms with Gasteiger partial charge in [0.1, 0.15) is 11.5 Å². The van der Waals surface area contributed by atoms with Gasteiger partial charge in [0.15, 0.2) is 0 Å². The van der Waals surface area contributed by atoms with Crippen LogP contribution in [0.5, 0.6) is 11.5 Å². The predicted molar refractivity (Wildman–Crippen MR) is 86.8 cm³/mol. The summed E-state index contributed by atoms with van der Waals surface area (Å²) in [6, 6.07) is 3.53. The molecule has 134 valence electrons. The van der Waals surface area contributed by atoms with Gasteiger partial charge in [0.05, 0.1) is 0 Å². The largest absolute Gasteiger partial charge is 0.573 e. The van der Waals surface area contributed by atoms with Crippen molar-refractivity contribution in [2.75, 3.05) is 26.2 Å². The monoisotopic (exact) mass is 376 g/mol. The first kappa shape index (κ1) is 22.1. The molecule has 0 amide bonds. The van der Waals surface area contributed by atoms with Crippen molar-refractivity contribution in [3.05, 3.63) is 23.8 Å². The van der Waals surface area contributed by atoms with E-state index in [4.69, 9.17) is 0 Å². The number of halogens is 5. The molecule has 1 aliphatic heterocycles. The number of nitrogens with one attached hydrogen (secondary N) is 1. The summed E-state index contributed by atoms with van der Waals surface area (Å²) in [5.74, 6) is -0.307. The lowest BCUT2D eigenvalue weighted by atomic mass is 10.0. The Morgan fingerprint density at radius 3 is 2.39 bits per heavy atom. The van der Waals surface area contributed by atoms with Crippen molar-refractivity contribution in [3.63, 3.8) is 0 Å². The van der Waals surface area contributed by atoms with Crippen molar-refractivity contribution in [1.82, 2.24) is 10.2 Å². The Labute approximate surface area is 145 Å². The smallest absolute Gasteiger partial charge is 0.508 e. The zero-order valence-electron chi connectivity index (χ0n) is 12.6. The molecule has 2 N–H and O–H groups in total. The molecule has 1 atom stereocenters. The highest BCUT2D eigenvalue weighted by atomic mass is 35.5. The minimum absolute atomic E-state index is 0. The quantitative estimate of drug-likeness (QED) is 0.843. The van der Waals surface area contributed by atoms with Crippen molar-refractivity contribution < 1.29 is 23.0 Å². The molecule has 0 spiro atoms. The molecule has 1 aromatic rings. The summed E-state index contributed by atoms with van der Waals surface area (Å²) in [5.41, 5.74) is 0.473. The maximum absolute atomic E-state index is 12.3. The van der Waals surface area contributed by atoms with E-state index in [9.17, 15) is 18.3 Å². The molecule has 0 bridgehead atoms. The lowest BCUT2D eigenvalue weighted by Crippen LogP contribution is -2.45. The number of phenols is 1. The molecular formula is C14H21Cl2F3N2O2. The van der Waals surface area contributed by atoms with E-state index in [1.54, 1.807) is 0 Å². The lowest BCUT2D eigenvalue weighted by molar-refractivity contribution is -0.274. The lowest BCUT2D eigenvalue weighted by Gasteiger charge is -2.35. The highest BCUT2D eigenvalue weighted by Crippen LogP contribution is 2.35. The fourth-order valence-corrected chi connectivity index (χ4v) is 2.67. The maximum Gasteiger partial charge on any atom is 0.573 e. The molecule has 2 rings (SSSR count). The zero-order valence-corrected chi connectivity index (χ0v) is 14.2. The Morgan fingerprint density at radius 2 is 1.87 bits per heavy atom. The van der Waals surface area contributed by atoms with E-state index < -0.39 is 6.36 Å². The van der Waals surface area contributed by atoms with Crippen molar-refractivity contribution in [3.8, 4) is 11.5 Å². The van der Waals surface area contributed by atoms with Gasteiger partial charge in [0, 0.05) is 37.8 Å². The molecule has 0 saturated carbocycles. The third-order valence-electron chi connectivity index (χ3n) is 3.57. The number of hydrogen-bond acceptors (Lipinski definition) is 4. The average molecular weight is 377 g/mol. The van der Waals surface area contributed by atoms with Crippen LogP contribution in [0.15, 0.2) is 18.2 Å². The summed E-state index contributed by atoms with van der Waals surface area (Å²) < 4.78 is 40.9. The number of piperazine rings is 1. The summed E-state index contributed by atoms with van der Waals surface area (Å²) in [7, 11) is 0. The number of nitrogens with zero attached hydrogens (tertiary/aromatic N) is 1. The maximum atomic E-state index is 12.3. The van der Waals surface area contributed by atoms with E-state index >= 15 is 0 Å². The van der Waals surface area contributed by atoms with Crippen LogP contribution in [-0.2, 0) is 0 Å². The summed E-state index contributed by atoms with van der Waals surface area (Å²) in [5, 5.41) is 13.2. The van der Waals surface area contributed by atoms with Crippen LogP contribution in [0.2, 0.25) is 0 Å². The van der Waals surface area contributed by atoms with E-state index in [0.29, 0.717) is 12.0 Å². The van der Waals surface area contributed by atoms with Crippen molar-refractivity contribution in [2.24, 2.45) is 0 Å². The Balaban J connectivity index is 0.00000242. The number of alkyl halides is 3. The number of ether oxygens (including phenoxy) is 1. The fraction of sp³-hybridized carbons (Fsp3) is 0.571. The van der Waals surface area contributed by atoms with Gasteiger partial charge < -0.3 is 15.2 Å². The molecule has 9 heteroatoms. The van der Waals surface area contributed by atoms with Gasteiger partial charge in [-0.3, -0.25) is 4.90 Å². The Hall–Kier alpha value is -0.890. The molecule has 1 heterocycles. The van der Waals surface area contributed by atoms with Gasteiger partial charge in [-0.15, -0.1) is 38.0 Å². The van der Waals surface area contributed by atoms with Crippen LogP contribution >= 0.6 is 24.8 Å². The van der Waals surface area contributed by atoms with Crippen LogP contribution in [0.25, 0.3) is 0 Å². The summed E-state index contributed by atoms with van der Waals surface area (Å²) in [6.07, 6.45) is -4.03. The normalized spacial score (nSPS) is 16.9. The minimum atomic E-state index is -4.73. The molecule has 0 aliphatic carbocycles. The van der Waals surface area contributed by atoms with Gasteiger partial charge in [-0.05, 0) is 24.6 Å². The van der Waals surface area contributed by atoms with Crippen LogP contribution in [-0.4, -0.2) is 42.5 Å². The highest BCUT2D eigenvalue weighted by Gasteiger charge is 2.32. The van der Waals surface area contributed by atoms with Crippen LogP contribution in [0, 0.1) is 0 Å². The van der Waals surface area contributed by atoms with E-state index in [1.807, 2.05) is 6.92 Å². The molecule has 1 saturated heterocycles. The number of rotatable bonds is 4. The van der Waals surface area contributed by atoms with Crippen LogP contribution in [0.1, 0.15) is 24.9 Å². The third kappa shape index (κ3) is 6.25.